The van der Waals surface area contributed by atoms with Crippen molar-refractivity contribution in [2.75, 3.05) is 5.32 Å². The number of aromatic nitrogens is 3. The molecule has 0 aliphatic rings. The lowest BCUT2D eigenvalue weighted by Crippen LogP contribution is -2.12. The van der Waals surface area contributed by atoms with Gasteiger partial charge in [0.15, 0.2) is 11.1 Å². The average molecular weight is 487 g/mol. The molecule has 1 N–H and O–H groups in total. The lowest BCUT2D eigenvalue weighted by atomic mass is 10.1. The fourth-order valence-corrected chi connectivity index (χ4v) is 4.36. The van der Waals surface area contributed by atoms with Gasteiger partial charge in [-0.1, -0.05) is 42.0 Å². The molecule has 0 unspecified atom stereocenters. The predicted molar refractivity (Wildman–Crippen MR) is 144 cm³/mol. The Morgan fingerprint density at radius 3 is 2.46 bits per heavy atom. The zero-order chi connectivity index (χ0) is 25.5. The fraction of sp³-hybridized carbons (Fsp3) is 0.0667. The van der Waals surface area contributed by atoms with Gasteiger partial charge in [-0.2, -0.15) is 5.10 Å². The molecule has 6 rings (SSSR count). The molecule has 7 heteroatoms. The quantitative estimate of drug-likeness (QED) is 0.327. The maximum absolute atomic E-state index is 12.9. The third kappa shape index (κ3) is 4.16. The number of benzene rings is 3. The first-order valence-corrected chi connectivity index (χ1v) is 11.8. The highest BCUT2D eigenvalue weighted by atomic mass is 16.3. The Morgan fingerprint density at radius 2 is 1.68 bits per heavy atom. The van der Waals surface area contributed by atoms with Crippen LogP contribution in [0.3, 0.4) is 0 Å². The van der Waals surface area contributed by atoms with Gasteiger partial charge in [-0.05, 0) is 56.3 Å². The number of hydrogen-bond acceptors (Lipinski definition) is 5. The third-order valence-corrected chi connectivity index (χ3v) is 6.28. The summed E-state index contributed by atoms with van der Waals surface area (Å²) >= 11 is 0. The van der Waals surface area contributed by atoms with Crippen LogP contribution >= 0.6 is 0 Å². The van der Waals surface area contributed by atoms with E-state index in [1.807, 2.05) is 62.4 Å². The van der Waals surface area contributed by atoms with E-state index < -0.39 is 0 Å². The van der Waals surface area contributed by atoms with Gasteiger partial charge in [-0.3, -0.25) is 9.59 Å². The Hall–Kier alpha value is -5.04. The molecule has 0 radical (unpaired) electrons. The molecular weight excluding hydrogens is 464 g/mol. The van der Waals surface area contributed by atoms with E-state index in [1.54, 1.807) is 41.2 Å². The number of fused-ring (bicyclic) bond motifs is 2. The number of carbonyl (C=O) groups excluding carboxylic acids is 1. The second kappa shape index (κ2) is 8.87. The zero-order valence-corrected chi connectivity index (χ0v) is 20.2. The van der Waals surface area contributed by atoms with Gasteiger partial charge in [-0.25, -0.2) is 9.67 Å². The Labute approximate surface area is 212 Å². The molecule has 1 amide bonds. The molecule has 0 aliphatic carbocycles. The Kier molecular flexibility index (Phi) is 5.38. The molecular formula is C30H22N4O3. The summed E-state index contributed by atoms with van der Waals surface area (Å²) in [6.45, 7) is 3.85. The standard InChI is InChI=1S/C30H22N4O3/c1-18-8-13-27-25(14-18)26(35)16-28(37-27)20-9-11-21(12-10-20)30(36)32-22-15-24-19(2)33-34(29(24)31-17-22)23-6-4-3-5-7-23/h3-17H,1-2H3,(H,32,36). The van der Waals surface area contributed by atoms with Crippen molar-refractivity contribution in [1.29, 1.82) is 0 Å². The summed E-state index contributed by atoms with van der Waals surface area (Å²) in [7, 11) is 0. The van der Waals surface area contributed by atoms with Gasteiger partial charge in [0.05, 0.1) is 28.7 Å². The van der Waals surface area contributed by atoms with Crippen molar-refractivity contribution in [3.05, 3.63) is 118 Å². The lowest BCUT2D eigenvalue weighted by molar-refractivity contribution is 0.102. The van der Waals surface area contributed by atoms with Gasteiger partial charge < -0.3 is 9.73 Å². The molecule has 0 saturated heterocycles. The van der Waals surface area contributed by atoms with Crippen LogP contribution in [-0.2, 0) is 0 Å². The van der Waals surface area contributed by atoms with E-state index in [0.717, 1.165) is 28.0 Å². The highest BCUT2D eigenvalue weighted by Gasteiger charge is 2.14. The normalized spacial score (nSPS) is 11.2. The first-order chi connectivity index (χ1) is 18.0. The topological polar surface area (TPSA) is 90.0 Å². The first-order valence-electron chi connectivity index (χ1n) is 11.8. The molecule has 3 aromatic heterocycles. The summed E-state index contributed by atoms with van der Waals surface area (Å²) in [6, 6.07) is 25.6. The van der Waals surface area contributed by atoms with Gasteiger partial charge in [0.1, 0.15) is 11.3 Å². The van der Waals surface area contributed by atoms with Crippen LogP contribution in [0.25, 0.3) is 39.0 Å². The van der Waals surface area contributed by atoms with Gasteiger partial charge in [0.2, 0.25) is 0 Å². The minimum atomic E-state index is -0.267. The van der Waals surface area contributed by atoms with Crippen molar-refractivity contribution in [2.45, 2.75) is 13.8 Å². The Balaban J connectivity index is 1.25. The van der Waals surface area contributed by atoms with Gasteiger partial charge in [0, 0.05) is 22.6 Å². The average Bonchev–Trinajstić information content (AvgIpc) is 3.25. The van der Waals surface area contributed by atoms with Crippen LogP contribution in [0.5, 0.6) is 0 Å². The van der Waals surface area contributed by atoms with Crippen LogP contribution in [0, 0.1) is 13.8 Å². The number of anilines is 1. The SMILES string of the molecule is Cc1ccc2oc(-c3ccc(C(=O)Nc4cnc5c(c4)c(C)nn5-c4ccccc4)cc3)cc(=O)c2c1. The van der Waals surface area contributed by atoms with E-state index in [0.29, 0.717) is 33.5 Å². The molecule has 0 saturated carbocycles. The number of hydrogen-bond donors (Lipinski definition) is 1. The maximum atomic E-state index is 12.9. The molecule has 37 heavy (non-hydrogen) atoms. The minimum Gasteiger partial charge on any atom is -0.456 e. The van der Waals surface area contributed by atoms with Crippen LogP contribution in [0.2, 0.25) is 0 Å². The number of aryl methyl sites for hydroxylation is 2. The summed E-state index contributed by atoms with van der Waals surface area (Å²) < 4.78 is 7.74. The molecule has 0 atom stereocenters. The van der Waals surface area contributed by atoms with Crippen molar-refractivity contribution < 1.29 is 9.21 Å². The van der Waals surface area contributed by atoms with Crippen LogP contribution < -0.4 is 10.7 Å². The molecule has 0 aliphatic heterocycles. The van der Waals surface area contributed by atoms with Crippen molar-refractivity contribution in [2.24, 2.45) is 0 Å². The van der Waals surface area contributed by atoms with Crippen LogP contribution in [0.4, 0.5) is 5.69 Å². The number of carbonyl (C=O) groups is 1. The van der Waals surface area contributed by atoms with E-state index in [2.05, 4.69) is 15.4 Å². The largest absolute Gasteiger partial charge is 0.456 e. The van der Waals surface area contributed by atoms with E-state index in [4.69, 9.17) is 4.42 Å². The number of nitrogens with zero attached hydrogens (tertiary/aromatic N) is 3. The van der Waals surface area contributed by atoms with E-state index in [9.17, 15) is 9.59 Å². The lowest BCUT2D eigenvalue weighted by Gasteiger charge is -2.08. The van der Waals surface area contributed by atoms with Crippen molar-refractivity contribution in [3.8, 4) is 17.0 Å². The smallest absolute Gasteiger partial charge is 0.255 e. The Morgan fingerprint density at radius 1 is 0.892 bits per heavy atom. The first kappa shape index (κ1) is 22.4. The third-order valence-electron chi connectivity index (χ3n) is 6.28. The second-order valence-electron chi connectivity index (χ2n) is 8.93. The molecule has 3 aromatic carbocycles. The van der Waals surface area contributed by atoms with E-state index >= 15 is 0 Å². The fourth-order valence-electron chi connectivity index (χ4n) is 4.36. The zero-order valence-electron chi connectivity index (χ0n) is 20.2. The summed E-state index contributed by atoms with van der Waals surface area (Å²) in [6.07, 6.45) is 1.63. The number of amides is 1. The summed E-state index contributed by atoms with van der Waals surface area (Å²) in [5.74, 6) is 0.185. The van der Waals surface area contributed by atoms with E-state index in [1.165, 1.54) is 6.07 Å². The highest BCUT2D eigenvalue weighted by molar-refractivity contribution is 6.05. The highest BCUT2D eigenvalue weighted by Crippen LogP contribution is 2.25. The maximum Gasteiger partial charge on any atom is 0.255 e. The minimum absolute atomic E-state index is 0.101. The molecule has 0 fully saturated rings. The molecule has 0 bridgehead atoms. The number of pyridine rings is 1. The molecule has 6 aromatic rings. The number of rotatable bonds is 4. The van der Waals surface area contributed by atoms with Crippen molar-refractivity contribution >= 4 is 33.6 Å². The molecule has 0 spiro atoms. The van der Waals surface area contributed by atoms with Crippen LogP contribution in [-0.4, -0.2) is 20.7 Å². The van der Waals surface area contributed by atoms with Crippen molar-refractivity contribution in [1.82, 2.24) is 14.8 Å². The van der Waals surface area contributed by atoms with Gasteiger partial charge in [0.25, 0.3) is 5.91 Å². The van der Waals surface area contributed by atoms with E-state index in [-0.39, 0.29) is 11.3 Å². The van der Waals surface area contributed by atoms with Gasteiger partial charge in [-0.15, -0.1) is 0 Å². The van der Waals surface area contributed by atoms with Crippen molar-refractivity contribution in [3.63, 3.8) is 0 Å². The summed E-state index contributed by atoms with van der Waals surface area (Å²) in [5.41, 5.74) is 5.64. The molecule has 7 nitrogen and oxygen atoms in total. The van der Waals surface area contributed by atoms with Crippen LogP contribution in [0.15, 0.2) is 100 Å². The summed E-state index contributed by atoms with van der Waals surface area (Å²) in [5, 5.41) is 8.94. The Bertz CT molecular complexity index is 1850. The number of para-hydroxylation sites is 1. The summed E-state index contributed by atoms with van der Waals surface area (Å²) in [4.78, 5) is 30.1. The molecule has 180 valence electrons. The van der Waals surface area contributed by atoms with Gasteiger partial charge >= 0.3 is 0 Å². The second-order valence-corrected chi connectivity index (χ2v) is 8.93. The number of nitrogens with one attached hydrogen (secondary N) is 1. The molecule has 3 heterocycles. The predicted octanol–water partition coefficient (Wildman–Crippen LogP) is 6.06. The van der Waals surface area contributed by atoms with Crippen LogP contribution in [0.1, 0.15) is 21.6 Å². The monoisotopic (exact) mass is 486 g/mol.